The van der Waals surface area contributed by atoms with E-state index in [9.17, 15) is 4.39 Å². The molecule has 0 bridgehead atoms. The van der Waals surface area contributed by atoms with Crippen LogP contribution in [0.1, 0.15) is 24.2 Å². The number of aromatic nitrogens is 2. The van der Waals surface area contributed by atoms with Crippen LogP contribution in [0.25, 0.3) is 0 Å². The molecule has 0 spiro atoms. The van der Waals surface area contributed by atoms with Gasteiger partial charge in [-0.15, -0.1) is 0 Å². The molecule has 0 aliphatic rings. The minimum Gasteiger partial charge on any atom is -0.308 e. The summed E-state index contributed by atoms with van der Waals surface area (Å²) in [5.41, 5.74) is 2.07. The van der Waals surface area contributed by atoms with Gasteiger partial charge in [0.15, 0.2) is 0 Å². The zero-order valence-electron chi connectivity index (χ0n) is 10.3. The third-order valence-corrected chi connectivity index (χ3v) is 3.52. The minimum absolute atomic E-state index is 0.00403. The van der Waals surface area contributed by atoms with Crippen LogP contribution < -0.4 is 5.32 Å². The fourth-order valence-electron chi connectivity index (χ4n) is 2.03. The molecule has 5 heteroatoms. The van der Waals surface area contributed by atoms with Crippen molar-refractivity contribution in [2.24, 2.45) is 0 Å². The molecule has 18 heavy (non-hydrogen) atoms. The lowest BCUT2D eigenvalue weighted by molar-refractivity contribution is 0.561. The van der Waals surface area contributed by atoms with E-state index in [0.29, 0.717) is 4.47 Å². The van der Waals surface area contributed by atoms with Gasteiger partial charge in [0, 0.05) is 12.7 Å². The molecule has 1 aromatic carbocycles. The van der Waals surface area contributed by atoms with E-state index in [1.54, 1.807) is 18.3 Å². The largest absolute Gasteiger partial charge is 0.308 e. The van der Waals surface area contributed by atoms with Crippen molar-refractivity contribution in [2.75, 3.05) is 7.05 Å². The quantitative estimate of drug-likeness (QED) is 0.940. The molecule has 2 aromatic rings. The smallest absolute Gasteiger partial charge is 0.137 e. The maximum atomic E-state index is 13.3. The van der Waals surface area contributed by atoms with Gasteiger partial charge < -0.3 is 5.32 Å². The zero-order chi connectivity index (χ0) is 13.1. The van der Waals surface area contributed by atoms with Crippen molar-refractivity contribution >= 4 is 15.9 Å². The van der Waals surface area contributed by atoms with E-state index in [0.717, 1.165) is 17.8 Å². The van der Waals surface area contributed by atoms with Gasteiger partial charge in [-0.3, -0.25) is 4.68 Å². The number of nitrogens with one attached hydrogen (secondary N) is 1. The second-order valence-corrected chi connectivity index (χ2v) is 4.82. The summed E-state index contributed by atoms with van der Waals surface area (Å²) in [5, 5.41) is 7.50. The van der Waals surface area contributed by atoms with Gasteiger partial charge in [-0.1, -0.05) is 6.07 Å². The third-order valence-electron chi connectivity index (χ3n) is 2.91. The number of nitrogens with zero attached hydrogens (tertiary/aromatic N) is 2. The standard InChI is InChI=1S/C13H15BrFN3/c1-3-18-12(6-7-17-18)13(16-2)9-4-5-11(15)10(14)8-9/h4-8,13,16H,3H2,1-2H3. The van der Waals surface area contributed by atoms with E-state index in [-0.39, 0.29) is 11.9 Å². The number of benzene rings is 1. The Morgan fingerprint density at radius 1 is 1.44 bits per heavy atom. The Labute approximate surface area is 114 Å². The Balaban J connectivity index is 2.42. The Morgan fingerprint density at radius 3 is 2.83 bits per heavy atom. The molecule has 1 atom stereocenters. The minimum atomic E-state index is -0.252. The highest BCUT2D eigenvalue weighted by Crippen LogP contribution is 2.25. The van der Waals surface area contributed by atoms with Crippen LogP contribution >= 0.6 is 15.9 Å². The lowest BCUT2D eigenvalue weighted by Crippen LogP contribution is -2.21. The van der Waals surface area contributed by atoms with E-state index in [1.807, 2.05) is 24.7 Å². The van der Waals surface area contributed by atoms with Crippen molar-refractivity contribution in [3.8, 4) is 0 Å². The topological polar surface area (TPSA) is 29.9 Å². The van der Waals surface area contributed by atoms with Gasteiger partial charge in [-0.05, 0) is 53.7 Å². The van der Waals surface area contributed by atoms with Crippen molar-refractivity contribution in [3.05, 3.63) is 52.0 Å². The first-order chi connectivity index (χ1) is 8.67. The molecule has 0 saturated heterocycles. The molecule has 1 heterocycles. The van der Waals surface area contributed by atoms with E-state index >= 15 is 0 Å². The van der Waals surface area contributed by atoms with Gasteiger partial charge in [-0.25, -0.2) is 4.39 Å². The van der Waals surface area contributed by atoms with E-state index < -0.39 is 0 Å². The Kier molecular flexibility index (Phi) is 4.14. The monoisotopic (exact) mass is 311 g/mol. The Morgan fingerprint density at radius 2 is 2.22 bits per heavy atom. The lowest BCUT2D eigenvalue weighted by Gasteiger charge is -2.18. The predicted octanol–water partition coefficient (Wildman–Crippen LogP) is 3.11. The first-order valence-electron chi connectivity index (χ1n) is 5.81. The molecular weight excluding hydrogens is 297 g/mol. The van der Waals surface area contributed by atoms with Crippen LogP contribution in [0.2, 0.25) is 0 Å². The average Bonchev–Trinajstić information content (AvgIpc) is 2.83. The Bertz CT molecular complexity index is 539. The summed E-state index contributed by atoms with van der Waals surface area (Å²) in [6.45, 7) is 2.85. The predicted molar refractivity (Wildman–Crippen MR) is 72.9 cm³/mol. The van der Waals surface area contributed by atoms with Crippen molar-refractivity contribution < 1.29 is 4.39 Å². The molecule has 1 N–H and O–H groups in total. The maximum Gasteiger partial charge on any atom is 0.137 e. The SMILES string of the molecule is CCn1nccc1C(NC)c1ccc(F)c(Br)c1. The summed E-state index contributed by atoms with van der Waals surface area (Å²) < 4.78 is 15.7. The molecular formula is C13H15BrFN3. The maximum absolute atomic E-state index is 13.3. The van der Waals surface area contributed by atoms with Crippen molar-refractivity contribution in [2.45, 2.75) is 19.5 Å². The molecule has 0 fully saturated rings. The number of aryl methyl sites for hydroxylation is 1. The number of hydrogen-bond donors (Lipinski definition) is 1. The highest BCUT2D eigenvalue weighted by atomic mass is 79.9. The second kappa shape index (κ2) is 5.63. The molecule has 96 valence electrons. The fraction of sp³-hybridized carbons (Fsp3) is 0.308. The number of hydrogen-bond acceptors (Lipinski definition) is 2. The molecule has 0 saturated carbocycles. The van der Waals surface area contributed by atoms with Crippen molar-refractivity contribution in [1.82, 2.24) is 15.1 Å². The van der Waals surface area contributed by atoms with Crippen LogP contribution in [-0.4, -0.2) is 16.8 Å². The molecule has 3 nitrogen and oxygen atoms in total. The van der Waals surface area contributed by atoms with Crippen LogP contribution in [0, 0.1) is 5.82 Å². The third kappa shape index (κ3) is 2.47. The van der Waals surface area contributed by atoms with Gasteiger partial charge >= 0.3 is 0 Å². The summed E-state index contributed by atoms with van der Waals surface area (Å²) >= 11 is 3.22. The summed E-state index contributed by atoms with van der Waals surface area (Å²) in [4.78, 5) is 0. The highest BCUT2D eigenvalue weighted by Gasteiger charge is 2.17. The second-order valence-electron chi connectivity index (χ2n) is 3.97. The van der Waals surface area contributed by atoms with E-state index in [1.165, 1.54) is 6.07 Å². The molecule has 0 amide bonds. The first-order valence-corrected chi connectivity index (χ1v) is 6.60. The molecule has 0 aliphatic heterocycles. The molecule has 0 radical (unpaired) electrons. The normalized spacial score (nSPS) is 12.7. The molecule has 1 aromatic heterocycles. The summed E-state index contributed by atoms with van der Waals surface area (Å²) in [6, 6.07) is 7.03. The van der Waals surface area contributed by atoms with Crippen molar-refractivity contribution in [3.63, 3.8) is 0 Å². The van der Waals surface area contributed by atoms with Gasteiger partial charge in [0.1, 0.15) is 5.82 Å². The average molecular weight is 312 g/mol. The molecule has 2 rings (SSSR count). The van der Waals surface area contributed by atoms with Crippen LogP contribution in [0.3, 0.4) is 0 Å². The van der Waals surface area contributed by atoms with Gasteiger partial charge in [-0.2, -0.15) is 5.10 Å². The first kappa shape index (κ1) is 13.2. The number of halogens is 2. The van der Waals surface area contributed by atoms with Crippen molar-refractivity contribution in [1.29, 1.82) is 0 Å². The summed E-state index contributed by atoms with van der Waals surface area (Å²) in [6.07, 6.45) is 1.78. The van der Waals surface area contributed by atoms with Gasteiger partial charge in [0.25, 0.3) is 0 Å². The lowest BCUT2D eigenvalue weighted by atomic mass is 10.0. The van der Waals surface area contributed by atoms with E-state index in [2.05, 4.69) is 26.3 Å². The summed E-state index contributed by atoms with van der Waals surface area (Å²) in [7, 11) is 1.88. The molecule has 1 unspecified atom stereocenters. The zero-order valence-corrected chi connectivity index (χ0v) is 11.9. The van der Waals surface area contributed by atoms with Crippen LogP contribution in [0.15, 0.2) is 34.9 Å². The van der Waals surface area contributed by atoms with Gasteiger partial charge in [0.05, 0.1) is 16.2 Å². The van der Waals surface area contributed by atoms with Gasteiger partial charge in [0.2, 0.25) is 0 Å². The fourth-order valence-corrected chi connectivity index (χ4v) is 2.43. The molecule has 0 aliphatic carbocycles. The summed E-state index contributed by atoms with van der Waals surface area (Å²) in [5.74, 6) is -0.252. The van der Waals surface area contributed by atoms with E-state index in [4.69, 9.17) is 0 Å². The Hall–Kier alpha value is -1.20. The highest BCUT2D eigenvalue weighted by molar-refractivity contribution is 9.10. The number of rotatable bonds is 4. The van der Waals surface area contributed by atoms with Crippen LogP contribution in [-0.2, 0) is 6.54 Å². The van der Waals surface area contributed by atoms with Crippen LogP contribution in [0.4, 0.5) is 4.39 Å². The van der Waals surface area contributed by atoms with Crippen LogP contribution in [0.5, 0.6) is 0 Å².